The first kappa shape index (κ1) is 25.6. The first-order valence-electron chi connectivity index (χ1n) is 10.5. The number of nitrogens with zero attached hydrogens (tertiary/aromatic N) is 2. The maximum atomic E-state index is 12.6. The van der Waals surface area contributed by atoms with E-state index < -0.39 is 10.0 Å². The molecule has 10 heteroatoms. The Balaban J connectivity index is 1.60. The summed E-state index contributed by atoms with van der Waals surface area (Å²) in [7, 11) is -3.87. The number of sulfonamides is 1. The molecule has 0 bridgehead atoms. The van der Waals surface area contributed by atoms with Crippen LogP contribution in [0.4, 0.5) is 11.6 Å². The Labute approximate surface area is 208 Å². The van der Waals surface area contributed by atoms with Gasteiger partial charge in [-0.1, -0.05) is 26.8 Å². The lowest BCUT2D eigenvalue weighted by Gasteiger charge is -2.20. The van der Waals surface area contributed by atoms with Gasteiger partial charge in [-0.05, 0) is 83.2 Å². The molecule has 0 spiro atoms. The van der Waals surface area contributed by atoms with E-state index in [1.165, 1.54) is 24.3 Å². The number of ether oxygens (including phenoxy) is 1. The second kappa shape index (κ2) is 10.1. The van der Waals surface area contributed by atoms with Crippen LogP contribution in [-0.4, -0.2) is 30.9 Å². The number of hydrogen-bond acceptors (Lipinski definition) is 6. The Morgan fingerprint density at radius 3 is 2.18 bits per heavy atom. The number of nitrogens with one attached hydrogen (secondary N) is 2. The molecule has 0 fully saturated rings. The van der Waals surface area contributed by atoms with E-state index in [9.17, 15) is 13.2 Å². The van der Waals surface area contributed by atoms with Gasteiger partial charge in [0.2, 0.25) is 5.95 Å². The van der Waals surface area contributed by atoms with Crippen LogP contribution in [0, 0.1) is 13.8 Å². The van der Waals surface area contributed by atoms with Crippen LogP contribution in [0.15, 0.2) is 57.9 Å². The molecule has 3 aromatic rings. The van der Waals surface area contributed by atoms with Gasteiger partial charge in [-0.25, -0.2) is 23.1 Å². The van der Waals surface area contributed by atoms with Gasteiger partial charge in [-0.15, -0.1) is 0 Å². The number of aromatic nitrogens is 2. The van der Waals surface area contributed by atoms with E-state index in [2.05, 4.69) is 56.7 Å². The third-order valence-corrected chi connectivity index (χ3v) is 6.78. The normalized spacial score (nSPS) is 11.7. The average Bonchev–Trinajstić information content (AvgIpc) is 2.71. The molecule has 0 saturated heterocycles. The molecule has 0 saturated carbocycles. The summed E-state index contributed by atoms with van der Waals surface area (Å²) >= 11 is 3.49. The molecular formula is C24H27BrN4O4S. The minimum Gasteiger partial charge on any atom is -0.483 e. The van der Waals surface area contributed by atoms with Crippen molar-refractivity contribution < 1.29 is 17.9 Å². The van der Waals surface area contributed by atoms with Crippen molar-refractivity contribution in [1.82, 2.24) is 9.97 Å². The number of aryl methyl sites for hydroxylation is 2. The summed E-state index contributed by atoms with van der Waals surface area (Å²) in [6, 6.07) is 13.3. The van der Waals surface area contributed by atoms with E-state index in [4.69, 9.17) is 4.74 Å². The summed E-state index contributed by atoms with van der Waals surface area (Å²) in [4.78, 5) is 20.5. The fraction of sp³-hybridized carbons (Fsp3) is 0.292. The molecule has 0 atom stereocenters. The van der Waals surface area contributed by atoms with E-state index in [-0.39, 0.29) is 28.8 Å². The Morgan fingerprint density at radius 1 is 1.00 bits per heavy atom. The summed E-state index contributed by atoms with van der Waals surface area (Å²) in [5.41, 5.74) is 2.90. The van der Waals surface area contributed by atoms with Crippen molar-refractivity contribution in [3.05, 3.63) is 70.0 Å². The molecule has 1 aromatic heterocycles. The van der Waals surface area contributed by atoms with Gasteiger partial charge in [-0.2, -0.15) is 0 Å². The van der Waals surface area contributed by atoms with Gasteiger partial charge in [0.25, 0.3) is 15.9 Å². The number of anilines is 2. The van der Waals surface area contributed by atoms with Gasteiger partial charge in [0.15, 0.2) is 6.61 Å². The SMILES string of the molecule is Cc1cc(C)nc(NS(=O)(=O)c2ccc(NC(=O)COc3ccc(C(C)(C)C)cc3Br)cc2)n1. The van der Waals surface area contributed by atoms with Crippen LogP contribution in [-0.2, 0) is 20.2 Å². The summed E-state index contributed by atoms with van der Waals surface area (Å²) in [5.74, 6) is 0.196. The maximum Gasteiger partial charge on any atom is 0.264 e. The van der Waals surface area contributed by atoms with E-state index in [0.717, 1.165) is 10.0 Å². The van der Waals surface area contributed by atoms with Gasteiger partial charge in [0, 0.05) is 17.1 Å². The lowest BCUT2D eigenvalue weighted by atomic mass is 9.87. The third-order valence-electron chi connectivity index (χ3n) is 4.81. The van der Waals surface area contributed by atoms with E-state index in [1.54, 1.807) is 19.9 Å². The van der Waals surface area contributed by atoms with Crippen LogP contribution in [0.5, 0.6) is 5.75 Å². The number of halogens is 1. The van der Waals surface area contributed by atoms with Crippen molar-refractivity contribution in [3.63, 3.8) is 0 Å². The number of amides is 1. The zero-order valence-corrected chi connectivity index (χ0v) is 22.0. The Bertz CT molecular complexity index is 1280. The zero-order chi connectivity index (χ0) is 25.1. The van der Waals surface area contributed by atoms with Crippen LogP contribution in [0.2, 0.25) is 0 Å². The number of rotatable bonds is 7. The van der Waals surface area contributed by atoms with Crippen LogP contribution in [0.1, 0.15) is 37.7 Å². The van der Waals surface area contributed by atoms with Crippen LogP contribution in [0.25, 0.3) is 0 Å². The molecule has 0 radical (unpaired) electrons. The average molecular weight is 547 g/mol. The summed E-state index contributed by atoms with van der Waals surface area (Å²) in [6.07, 6.45) is 0. The summed E-state index contributed by atoms with van der Waals surface area (Å²) in [5, 5.41) is 2.69. The Morgan fingerprint density at radius 2 is 1.62 bits per heavy atom. The van der Waals surface area contributed by atoms with Gasteiger partial charge in [0.05, 0.1) is 9.37 Å². The summed E-state index contributed by atoms with van der Waals surface area (Å²) < 4.78 is 34.0. The second-order valence-corrected chi connectivity index (χ2v) is 11.4. The molecule has 8 nitrogen and oxygen atoms in total. The maximum absolute atomic E-state index is 12.6. The summed E-state index contributed by atoms with van der Waals surface area (Å²) in [6.45, 7) is 9.67. The number of carbonyl (C=O) groups is 1. The van der Waals surface area contributed by atoms with Crippen molar-refractivity contribution in [3.8, 4) is 5.75 Å². The molecule has 3 rings (SSSR count). The van der Waals surface area contributed by atoms with Gasteiger partial charge in [0.1, 0.15) is 5.75 Å². The second-order valence-electron chi connectivity index (χ2n) is 8.84. The Kier molecular flexibility index (Phi) is 7.62. The highest BCUT2D eigenvalue weighted by Crippen LogP contribution is 2.31. The highest BCUT2D eigenvalue weighted by molar-refractivity contribution is 9.10. The fourth-order valence-electron chi connectivity index (χ4n) is 3.09. The third kappa shape index (κ3) is 6.77. The topological polar surface area (TPSA) is 110 Å². The predicted octanol–water partition coefficient (Wildman–Crippen LogP) is 4.97. The zero-order valence-electron chi connectivity index (χ0n) is 19.6. The molecule has 0 aliphatic rings. The molecule has 1 heterocycles. The molecule has 0 unspecified atom stereocenters. The lowest BCUT2D eigenvalue weighted by molar-refractivity contribution is -0.118. The number of carbonyl (C=O) groups excluding carboxylic acids is 1. The molecule has 0 aliphatic heterocycles. The van der Waals surface area contributed by atoms with Gasteiger partial charge >= 0.3 is 0 Å². The largest absolute Gasteiger partial charge is 0.483 e. The van der Waals surface area contributed by atoms with E-state index in [1.807, 2.05) is 18.2 Å². The molecule has 1 amide bonds. The van der Waals surface area contributed by atoms with E-state index in [0.29, 0.717) is 22.8 Å². The predicted molar refractivity (Wildman–Crippen MR) is 136 cm³/mol. The highest BCUT2D eigenvalue weighted by Gasteiger charge is 2.17. The number of hydrogen-bond donors (Lipinski definition) is 2. The van der Waals surface area contributed by atoms with Crippen LogP contribution in [0.3, 0.4) is 0 Å². The minimum absolute atomic E-state index is 0.000403. The molecule has 34 heavy (non-hydrogen) atoms. The smallest absolute Gasteiger partial charge is 0.264 e. The van der Waals surface area contributed by atoms with Gasteiger partial charge < -0.3 is 10.1 Å². The molecule has 180 valence electrons. The Hall–Kier alpha value is -2.98. The highest BCUT2D eigenvalue weighted by atomic mass is 79.9. The molecule has 2 N–H and O–H groups in total. The van der Waals surface area contributed by atoms with Crippen LogP contribution >= 0.6 is 15.9 Å². The molecule has 0 aliphatic carbocycles. The monoisotopic (exact) mass is 546 g/mol. The number of benzene rings is 2. The molecule has 2 aromatic carbocycles. The standard InChI is InChI=1S/C24H27BrN4O4S/c1-15-12-16(2)27-23(26-15)29-34(31,32)19-9-7-18(8-10-19)28-22(30)14-33-21-11-6-17(13-20(21)25)24(3,4)5/h6-13H,14H2,1-5H3,(H,28,30)(H,26,27,29). The van der Waals surface area contributed by atoms with E-state index >= 15 is 0 Å². The van der Waals surface area contributed by atoms with Crippen LogP contribution < -0.4 is 14.8 Å². The molecular weight excluding hydrogens is 520 g/mol. The first-order valence-corrected chi connectivity index (χ1v) is 12.8. The quantitative estimate of drug-likeness (QED) is 0.432. The lowest BCUT2D eigenvalue weighted by Crippen LogP contribution is -2.20. The van der Waals surface area contributed by atoms with Crippen molar-refractivity contribution in [2.24, 2.45) is 0 Å². The van der Waals surface area contributed by atoms with Crippen molar-refractivity contribution >= 4 is 43.5 Å². The first-order chi connectivity index (χ1) is 15.8. The van der Waals surface area contributed by atoms with Crippen molar-refractivity contribution in [1.29, 1.82) is 0 Å². The fourth-order valence-corrected chi connectivity index (χ4v) is 4.53. The van der Waals surface area contributed by atoms with Gasteiger partial charge in [-0.3, -0.25) is 4.79 Å². The van der Waals surface area contributed by atoms with Crippen molar-refractivity contribution in [2.75, 3.05) is 16.6 Å². The van der Waals surface area contributed by atoms with Crippen molar-refractivity contribution in [2.45, 2.75) is 44.9 Å². The minimum atomic E-state index is -3.87.